The molecule has 0 aliphatic carbocycles. The van der Waals surface area contributed by atoms with Crippen molar-refractivity contribution in [3.63, 3.8) is 0 Å². The first kappa shape index (κ1) is 18.3. The molecule has 1 saturated heterocycles. The van der Waals surface area contributed by atoms with Crippen molar-refractivity contribution in [2.75, 3.05) is 13.2 Å². The zero-order chi connectivity index (χ0) is 18.7. The molecule has 7 heteroatoms. The molecule has 136 valence electrons. The fraction of sp³-hybridized carbons (Fsp3) is 0.316. The lowest BCUT2D eigenvalue weighted by molar-refractivity contribution is -0.146. The van der Waals surface area contributed by atoms with Gasteiger partial charge in [-0.1, -0.05) is 31.5 Å². The zero-order valence-electron chi connectivity index (χ0n) is 14.7. The Morgan fingerprint density at radius 3 is 2.81 bits per heavy atom. The number of hydrogen-bond acceptors (Lipinski definition) is 5. The topological polar surface area (TPSA) is 68.6 Å². The number of hydrogen-bond donors (Lipinski definition) is 0. The summed E-state index contributed by atoms with van der Waals surface area (Å²) < 4.78 is 7.01. The average Bonchev–Trinajstić information content (AvgIpc) is 3.07. The molecule has 0 N–H and O–H groups in total. The van der Waals surface area contributed by atoms with Gasteiger partial charge in [0.05, 0.1) is 11.5 Å². The minimum atomic E-state index is -0.563. The summed E-state index contributed by atoms with van der Waals surface area (Å²) >= 11 is 0.846. The third kappa shape index (κ3) is 3.67. The molecule has 6 nitrogen and oxygen atoms in total. The Balaban J connectivity index is 1.77. The minimum absolute atomic E-state index is 0.303. The van der Waals surface area contributed by atoms with Crippen LogP contribution in [0.5, 0.6) is 0 Å². The van der Waals surface area contributed by atoms with Crippen LogP contribution in [0.2, 0.25) is 0 Å². The van der Waals surface area contributed by atoms with Crippen LogP contribution in [0.1, 0.15) is 25.3 Å². The molecule has 3 rings (SSSR count). The number of nitrogens with zero attached hydrogens (tertiary/aromatic N) is 2. The van der Waals surface area contributed by atoms with Crippen molar-refractivity contribution in [2.24, 2.45) is 7.05 Å². The van der Waals surface area contributed by atoms with Gasteiger partial charge in [0, 0.05) is 29.7 Å². The van der Waals surface area contributed by atoms with Crippen molar-refractivity contribution < 1.29 is 19.1 Å². The first-order valence-corrected chi connectivity index (χ1v) is 9.28. The highest BCUT2D eigenvalue weighted by atomic mass is 32.2. The number of aryl methyl sites for hydroxylation is 1. The molecule has 0 spiro atoms. The SMILES string of the molecule is CCCCOC(=O)CN1C(=O)S/C(=C/c2cn(C)c3ccccc23)C1=O. The molecule has 0 atom stereocenters. The average molecular weight is 372 g/mol. The van der Waals surface area contributed by atoms with Gasteiger partial charge in [-0.2, -0.15) is 0 Å². The molecule has 0 bridgehead atoms. The van der Waals surface area contributed by atoms with E-state index in [2.05, 4.69) is 0 Å². The van der Waals surface area contributed by atoms with E-state index in [0.717, 1.165) is 46.0 Å². The predicted molar refractivity (Wildman–Crippen MR) is 101 cm³/mol. The lowest BCUT2D eigenvalue weighted by Crippen LogP contribution is -2.34. The smallest absolute Gasteiger partial charge is 0.326 e. The third-order valence-electron chi connectivity index (χ3n) is 4.14. The van der Waals surface area contributed by atoms with E-state index in [1.165, 1.54) is 0 Å². The number of unbranched alkanes of at least 4 members (excludes halogenated alkanes) is 1. The lowest BCUT2D eigenvalue weighted by atomic mass is 10.1. The van der Waals surface area contributed by atoms with Gasteiger partial charge >= 0.3 is 5.97 Å². The standard InChI is InChI=1S/C19H20N2O4S/c1-3-4-9-25-17(22)12-21-18(23)16(26-19(21)24)10-13-11-20(2)15-8-6-5-7-14(13)15/h5-8,10-11H,3-4,9,12H2,1-2H3/b16-10+. The van der Waals surface area contributed by atoms with Gasteiger partial charge < -0.3 is 9.30 Å². The Morgan fingerprint density at radius 2 is 2.04 bits per heavy atom. The van der Waals surface area contributed by atoms with Crippen molar-refractivity contribution >= 4 is 45.9 Å². The van der Waals surface area contributed by atoms with Crippen molar-refractivity contribution in [3.05, 3.63) is 40.9 Å². The highest BCUT2D eigenvalue weighted by Crippen LogP contribution is 2.33. The van der Waals surface area contributed by atoms with Crippen LogP contribution >= 0.6 is 11.8 Å². The largest absolute Gasteiger partial charge is 0.464 e. The van der Waals surface area contributed by atoms with Crippen LogP contribution in [0.4, 0.5) is 4.79 Å². The van der Waals surface area contributed by atoms with Gasteiger partial charge in [0.2, 0.25) is 0 Å². The second-order valence-corrected chi connectivity index (χ2v) is 7.05. The number of carbonyl (C=O) groups is 3. The van der Waals surface area contributed by atoms with Crippen molar-refractivity contribution in [3.8, 4) is 0 Å². The van der Waals surface area contributed by atoms with E-state index in [1.807, 2.05) is 49.0 Å². The van der Waals surface area contributed by atoms with Gasteiger partial charge in [0.25, 0.3) is 11.1 Å². The highest BCUT2D eigenvalue weighted by molar-refractivity contribution is 8.18. The number of carbonyl (C=O) groups excluding carboxylic acids is 3. The van der Waals surface area contributed by atoms with E-state index in [9.17, 15) is 14.4 Å². The van der Waals surface area contributed by atoms with E-state index in [1.54, 1.807) is 6.08 Å². The number of rotatable bonds is 6. The highest BCUT2D eigenvalue weighted by Gasteiger charge is 2.36. The van der Waals surface area contributed by atoms with Crippen LogP contribution in [0.25, 0.3) is 17.0 Å². The summed E-state index contributed by atoms with van der Waals surface area (Å²) in [5, 5.41) is 0.551. The summed E-state index contributed by atoms with van der Waals surface area (Å²) in [7, 11) is 1.93. The fourth-order valence-electron chi connectivity index (χ4n) is 2.77. The van der Waals surface area contributed by atoms with Gasteiger partial charge in [-0.25, -0.2) is 0 Å². The molecule has 2 heterocycles. The van der Waals surface area contributed by atoms with Crippen LogP contribution in [-0.4, -0.2) is 39.7 Å². The quantitative estimate of drug-likeness (QED) is 0.441. The zero-order valence-corrected chi connectivity index (χ0v) is 15.5. The number of imide groups is 1. The van der Waals surface area contributed by atoms with Crippen LogP contribution in [0, 0.1) is 0 Å². The number of amides is 2. The molecule has 0 unspecified atom stereocenters. The predicted octanol–water partition coefficient (Wildman–Crippen LogP) is 3.56. The summed E-state index contributed by atoms with van der Waals surface area (Å²) in [6.45, 7) is 1.95. The van der Waals surface area contributed by atoms with Crippen molar-refractivity contribution in [2.45, 2.75) is 19.8 Å². The normalized spacial score (nSPS) is 16.1. The Hall–Kier alpha value is -2.54. The molecular weight excluding hydrogens is 352 g/mol. The number of benzene rings is 1. The summed E-state index contributed by atoms with van der Waals surface area (Å²) in [6.07, 6.45) is 5.28. The lowest BCUT2D eigenvalue weighted by Gasteiger charge is -2.11. The Kier molecular flexibility index (Phi) is 5.46. The molecule has 2 aromatic rings. The van der Waals surface area contributed by atoms with Crippen LogP contribution in [-0.2, 0) is 21.4 Å². The first-order chi connectivity index (χ1) is 12.5. The summed E-state index contributed by atoms with van der Waals surface area (Å²) in [4.78, 5) is 37.7. The monoisotopic (exact) mass is 372 g/mol. The van der Waals surface area contributed by atoms with Crippen molar-refractivity contribution in [1.82, 2.24) is 9.47 Å². The van der Waals surface area contributed by atoms with E-state index in [0.29, 0.717) is 11.5 Å². The second-order valence-electron chi connectivity index (χ2n) is 6.05. The number of para-hydroxylation sites is 1. The van der Waals surface area contributed by atoms with Crippen LogP contribution in [0.15, 0.2) is 35.4 Å². The fourth-order valence-corrected chi connectivity index (χ4v) is 3.60. The van der Waals surface area contributed by atoms with Crippen LogP contribution < -0.4 is 0 Å². The number of ether oxygens (including phenoxy) is 1. The van der Waals surface area contributed by atoms with E-state index in [4.69, 9.17) is 4.74 Å². The van der Waals surface area contributed by atoms with Gasteiger partial charge in [0.15, 0.2) is 0 Å². The summed E-state index contributed by atoms with van der Waals surface area (Å²) in [5.41, 5.74) is 1.90. The van der Waals surface area contributed by atoms with Gasteiger partial charge in [0.1, 0.15) is 6.54 Å². The van der Waals surface area contributed by atoms with Crippen molar-refractivity contribution in [1.29, 1.82) is 0 Å². The summed E-state index contributed by atoms with van der Waals surface area (Å²) in [5.74, 6) is -1.02. The van der Waals surface area contributed by atoms with E-state index < -0.39 is 17.1 Å². The summed E-state index contributed by atoms with van der Waals surface area (Å²) in [6, 6.07) is 7.84. The minimum Gasteiger partial charge on any atom is -0.464 e. The first-order valence-electron chi connectivity index (χ1n) is 8.46. The molecule has 1 aromatic heterocycles. The number of esters is 1. The molecule has 1 aliphatic rings. The molecule has 1 fully saturated rings. The van der Waals surface area contributed by atoms with Gasteiger partial charge in [-0.05, 0) is 30.3 Å². The molecule has 2 amide bonds. The molecule has 0 saturated carbocycles. The maximum atomic E-state index is 12.5. The number of thioether (sulfide) groups is 1. The van der Waals surface area contributed by atoms with E-state index >= 15 is 0 Å². The maximum absolute atomic E-state index is 12.5. The number of fused-ring (bicyclic) bond motifs is 1. The molecule has 0 radical (unpaired) electrons. The molecule has 26 heavy (non-hydrogen) atoms. The molecular formula is C19H20N2O4S. The van der Waals surface area contributed by atoms with Gasteiger partial charge in [-0.3, -0.25) is 19.3 Å². The molecule has 1 aromatic carbocycles. The van der Waals surface area contributed by atoms with Gasteiger partial charge in [-0.15, -0.1) is 0 Å². The second kappa shape index (κ2) is 7.78. The van der Waals surface area contributed by atoms with E-state index in [-0.39, 0.29) is 6.54 Å². The number of aromatic nitrogens is 1. The Bertz CT molecular complexity index is 900. The maximum Gasteiger partial charge on any atom is 0.326 e. The van der Waals surface area contributed by atoms with Crippen LogP contribution in [0.3, 0.4) is 0 Å². The third-order valence-corrected chi connectivity index (χ3v) is 5.04. The Morgan fingerprint density at radius 1 is 1.27 bits per heavy atom. The Labute approximate surface area is 155 Å². The molecule has 1 aliphatic heterocycles.